The van der Waals surface area contributed by atoms with Crippen LogP contribution in [0.15, 0.2) is 11.6 Å². The number of likely N-dealkylation sites (N-methyl/N-ethyl adjacent to an activating group) is 1. The van der Waals surface area contributed by atoms with E-state index in [0.717, 1.165) is 25.1 Å². The van der Waals surface area contributed by atoms with E-state index in [1.165, 1.54) is 0 Å². The summed E-state index contributed by atoms with van der Waals surface area (Å²) in [6.45, 7) is 1.96. The van der Waals surface area contributed by atoms with E-state index < -0.39 is 0 Å². The smallest absolute Gasteiger partial charge is 0.0944 e. The standard InChI is InChI=1S/C7H10N2/c1-9-4-2-7(6-8)3-5-9/h2H,3-5H2,1H3. The molecule has 9 heavy (non-hydrogen) atoms. The predicted molar refractivity (Wildman–Crippen MR) is 35.8 cm³/mol. The summed E-state index contributed by atoms with van der Waals surface area (Å²) >= 11 is 0. The highest BCUT2D eigenvalue weighted by Crippen LogP contribution is 2.06. The van der Waals surface area contributed by atoms with Crippen molar-refractivity contribution in [3.63, 3.8) is 0 Å². The summed E-state index contributed by atoms with van der Waals surface area (Å²) in [6, 6.07) is 2.16. The Hall–Kier alpha value is -0.810. The Morgan fingerprint density at radius 3 is 3.00 bits per heavy atom. The molecule has 1 rings (SSSR count). The van der Waals surface area contributed by atoms with Crippen LogP contribution in [0.1, 0.15) is 6.42 Å². The number of rotatable bonds is 0. The summed E-state index contributed by atoms with van der Waals surface area (Å²) in [5.74, 6) is 0. The summed E-state index contributed by atoms with van der Waals surface area (Å²) in [5, 5.41) is 8.44. The normalized spacial score (nSPS) is 20.7. The minimum Gasteiger partial charge on any atom is -0.302 e. The molecule has 0 spiro atoms. The molecule has 2 heteroatoms. The fourth-order valence-electron chi connectivity index (χ4n) is 0.872. The third-order valence-corrected chi connectivity index (χ3v) is 1.56. The van der Waals surface area contributed by atoms with Gasteiger partial charge in [-0.25, -0.2) is 0 Å². The first kappa shape index (κ1) is 6.31. The van der Waals surface area contributed by atoms with Crippen LogP contribution in [0, 0.1) is 11.3 Å². The van der Waals surface area contributed by atoms with E-state index in [0.29, 0.717) is 0 Å². The van der Waals surface area contributed by atoms with Crippen LogP contribution in [-0.2, 0) is 0 Å². The lowest BCUT2D eigenvalue weighted by atomic mass is 10.1. The molecule has 0 fully saturated rings. The highest BCUT2D eigenvalue weighted by atomic mass is 15.1. The van der Waals surface area contributed by atoms with E-state index in [9.17, 15) is 0 Å². The van der Waals surface area contributed by atoms with Crippen LogP contribution in [0.2, 0.25) is 0 Å². The number of nitriles is 1. The van der Waals surface area contributed by atoms with Gasteiger partial charge in [0.05, 0.1) is 6.07 Å². The van der Waals surface area contributed by atoms with Crippen molar-refractivity contribution < 1.29 is 0 Å². The number of nitrogens with zero attached hydrogens (tertiary/aromatic N) is 2. The van der Waals surface area contributed by atoms with Crippen molar-refractivity contribution in [3.8, 4) is 6.07 Å². The zero-order chi connectivity index (χ0) is 6.69. The van der Waals surface area contributed by atoms with Crippen LogP contribution in [0.3, 0.4) is 0 Å². The first-order chi connectivity index (χ1) is 4.33. The van der Waals surface area contributed by atoms with Crippen molar-refractivity contribution in [1.29, 1.82) is 5.26 Å². The van der Waals surface area contributed by atoms with Gasteiger partial charge in [-0.1, -0.05) is 6.08 Å². The van der Waals surface area contributed by atoms with Crippen LogP contribution >= 0.6 is 0 Å². The molecule has 0 radical (unpaired) electrons. The molecule has 0 atom stereocenters. The Kier molecular flexibility index (Phi) is 1.86. The SMILES string of the molecule is CN1CC=C(C#N)CC1. The van der Waals surface area contributed by atoms with Crippen LogP contribution in [-0.4, -0.2) is 25.0 Å². The van der Waals surface area contributed by atoms with Gasteiger partial charge in [0.15, 0.2) is 0 Å². The Morgan fingerprint density at radius 2 is 2.56 bits per heavy atom. The third-order valence-electron chi connectivity index (χ3n) is 1.56. The largest absolute Gasteiger partial charge is 0.302 e. The second kappa shape index (κ2) is 2.65. The van der Waals surface area contributed by atoms with Gasteiger partial charge in [0.1, 0.15) is 0 Å². The van der Waals surface area contributed by atoms with Gasteiger partial charge in [0.25, 0.3) is 0 Å². The minimum absolute atomic E-state index is 0.924. The highest BCUT2D eigenvalue weighted by Gasteiger charge is 2.05. The maximum Gasteiger partial charge on any atom is 0.0944 e. The summed E-state index contributed by atoms with van der Waals surface area (Å²) in [7, 11) is 2.06. The van der Waals surface area contributed by atoms with Gasteiger partial charge in [-0.05, 0) is 13.5 Å². The average Bonchev–Trinajstić information content (AvgIpc) is 1.90. The fourth-order valence-corrected chi connectivity index (χ4v) is 0.872. The molecule has 48 valence electrons. The Morgan fingerprint density at radius 1 is 1.78 bits per heavy atom. The van der Waals surface area contributed by atoms with Crippen molar-refractivity contribution in [2.24, 2.45) is 0 Å². The highest BCUT2D eigenvalue weighted by molar-refractivity contribution is 5.22. The molecule has 0 amide bonds. The van der Waals surface area contributed by atoms with Crippen LogP contribution in [0.25, 0.3) is 0 Å². The van der Waals surface area contributed by atoms with Gasteiger partial charge in [0, 0.05) is 18.7 Å². The predicted octanol–water partition coefficient (Wildman–Crippen LogP) is 0.772. The molecular weight excluding hydrogens is 112 g/mol. The van der Waals surface area contributed by atoms with Crippen molar-refractivity contribution >= 4 is 0 Å². The van der Waals surface area contributed by atoms with E-state index in [1.807, 2.05) is 6.08 Å². The molecule has 1 heterocycles. The average molecular weight is 122 g/mol. The molecule has 0 saturated carbocycles. The first-order valence-electron chi connectivity index (χ1n) is 3.10. The van der Waals surface area contributed by atoms with E-state index >= 15 is 0 Å². The monoisotopic (exact) mass is 122 g/mol. The molecule has 0 aromatic carbocycles. The first-order valence-corrected chi connectivity index (χ1v) is 3.10. The zero-order valence-electron chi connectivity index (χ0n) is 5.59. The number of hydrogen-bond acceptors (Lipinski definition) is 2. The molecule has 0 aromatic heterocycles. The molecule has 0 N–H and O–H groups in total. The van der Waals surface area contributed by atoms with Crippen molar-refractivity contribution in [2.45, 2.75) is 6.42 Å². The quantitative estimate of drug-likeness (QED) is 0.474. The molecule has 0 bridgehead atoms. The Labute approximate surface area is 55.4 Å². The van der Waals surface area contributed by atoms with Crippen molar-refractivity contribution in [2.75, 3.05) is 20.1 Å². The topological polar surface area (TPSA) is 27.0 Å². The lowest BCUT2D eigenvalue weighted by Gasteiger charge is -2.18. The molecule has 0 aromatic rings. The van der Waals surface area contributed by atoms with E-state index in [4.69, 9.17) is 5.26 Å². The van der Waals surface area contributed by atoms with Crippen molar-refractivity contribution in [1.82, 2.24) is 4.90 Å². The van der Waals surface area contributed by atoms with Gasteiger partial charge in [-0.3, -0.25) is 0 Å². The molecule has 0 saturated heterocycles. The second-order valence-corrected chi connectivity index (χ2v) is 2.35. The minimum atomic E-state index is 0.924. The lowest BCUT2D eigenvalue weighted by Crippen LogP contribution is -2.23. The summed E-state index contributed by atoms with van der Waals surface area (Å²) in [4.78, 5) is 2.20. The fraction of sp³-hybridized carbons (Fsp3) is 0.571. The van der Waals surface area contributed by atoms with E-state index in [-0.39, 0.29) is 0 Å². The van der Waals surface area contributed by atoms with Crippen LogP contribution in [0.5, 0.6) is 0 Å². The van der Waals surface area contributed by atoms with Gasteiger partial charge in [0.2, 0.25) is 0 Å². The molecule has 2 nitrogen and oxygen atoms in total. The molecular formula is C7H10N2. The van der Waals surface area contributed by atoms with Gasteiger partial charge in [-0.2, -0.15) is 5.26 Å². The maximum atomic E-state index is 8.44. The van der Waals surface area contributed by atoms with Gasteiger partial charge < -0.3 is 4.90 Å². The summed E-state index contributed by atoms with van der Waals surface area (Å²) in [6.07, 6.45) is 2.91. The zero-order valence-corrected chi connectivity index (χ0v) is 5.59. The Bertz CT molecular complexity index is 164. The maximum absolute atomic E-state index is 8.44. The van der Waals surface area contributed by atoms with Gasteiger partial charge >= 0.3 is 0 Å². The molecule has 0 aliphatic carbocycles. The van der Waals surface area contributed by atoms with Crippen molar-refractivity contribution in [3.05, 3.63) is 11.6 Å². The molecule has 1 aliphatic heterocycles. The Balaban J connectivity index is 2.53. The van der Waals surface area contributed by atoms with Crippen LogP contribution in [0.4, 0.5) is 0 Å². The molecule has 0 unspecified atom stereocenters. The number of hydrogen-bond donors (Lipinski definition) is 0. The second-order valence-electron chi connectivity index (χ2n) is 2.35. The summed E-state index contributed by atoms with van der Waals surface area (Å²) in [5.41, 5.74) is 0.938. The van der Waals surface area contributed by atoms with E-state index in [1.54, 1.807) is 0 Å². The van der Waals surface area contributed by atoms with Crippen LogP contribution < -0.4 is 0 Å². The third kappa shape index (κ3) is 1.55. The van der Waals surface area contributed by atoms with Gasteiger partial charge in [-0.15, -0.1) is 0 Å². The molecule has 1 aliphatic rings. The lowest BCUT2D eigenvalue weighted by molar-refractivity contribution is 0.362. The summed E-state index contributed by atoms with van der Waals surface area (Å²) < 4.78 is 0. The van der Waals surface area contributed by atoms with E-state index in [2.05, 4.69) is 18.0 Å².